The minimum atomic E-state index is -3.21. The maximum Gasteiger partial charge on any atom is 0.216 e. The van der Waals surface area contributed by atoms with E-state index in [1.165, 1.54) is 11.4 Å². The summed E-state index contributed by atoms with van der Waals surface area (Å²) in [5.74, 6) is 0.0330. The van der Waals surface area contributed by atoms with Crippen molar-refractivity contribution in [2.45, 2.75) is 19.1 Å². The van der Waals surface area contributed by atoms with Crippen molar-refractivity contribution in [1.82, 2.24) is 4.31 Å². The lowest BCUT2D eigenvalue weighted by Crippen LogP contribution is -2.50. The number of rotatable bonds is 5. The van der Waals surface area contributed by atoms with Gasteiger partial charge in [0.05, 0.1) is 24.6 Å². The molecule has 0 aliphatic carbocycles. The SMILES string of the molecule is COCCS(=O)(=O)N1CC(C)OC(CBr)C1. The van der Waals surface area contributed by atoms with Gasteiger partial charge in [0.15, 0.2) is 0 Å². The van der Waals surface area contributed by atoms with Gasteiger partial charge in [-0.2, -0.15) is 4.31 Å². The van der Waals surface area contributed by atoms with Crippen LogP contribution >= 0.6 is 15.9 Å². The van der Waals surface area contributed by atoms with E-state index < -0.39 is 10.0 Å². The molecule has 0 N–H and O–H groups in total. The van der Waals surface area contributed by atoms with Gasteiger partial charge in [0.1, 0.15) is 0 Å². The zero-order chi connectivity index (χ0) is 12.2. The van der Waals surface area contributed by atoms with Crippen molar-refractivity contribution in [3.63, 3.8) is 0 Å². The monoisotopic (exact) mass is 315 g/mol. The van der Waals surface area contributed by atoms with E-state index in [-0.39, 0.29) is 24.6 Å². The Bertz CT molecular complexity index is 309. The van der Waals surface area contributed by atoms with Gasteiger partial charge in [0.25, 0.3) is 0 Å². The van der Waals surface area contributed by atoms with E-state index in [0.29, 0.717) is 18.4 Å². The fraction of sp³-hybridized carbons (Fsp3) is 1.00. The highest BCUT2D eigenvalue weighted by molar-refractivity contribution is 9.09. The first-order valence-corrected chi connectivity index (χ1v) is 7.91. The van der Waals surface area contributed by atoms with Gasteiger partial charge in [-0.3, -0.25) is 0 Å². The van der Waals surface area contributed by atoms with Gasteiger partial charge in [-0.15, -0.1) is 0 Å². The summed E-state index contributed by atoms with van der Waals surface area (Å²) in [7, 11) is -1.72. The van der Waals surface area contributed by atoms with Crippen LogP contribution in [-0.2, 0) is 19.5 Å². The maximum atomic E-state index is 11.9. The molecule has 96 valence electrons. The molecule has 7 heteroatoms. The Kier molecular flexibility index (Phi) is 5.66. The van der Waals surface area contributed by atoms with Crippen LogP contribution in [0.5, 0.6) is 0 Å². The van der Waals surface area contributed by atoms with E-state index in [0.717, 1.165) is 0 Å². The third-order valence-electron chi connectivity index (χ3n) is 2.40. The van der Waals surface area contributed by atoms with Gasteiger partial charge in [-0.25, -0.2) is 8.42 Å². The first-order chi connectivity index (χ1) is 7.49. The molecule has 2 atom stereocenters. The van der Waals surface area contributed by atoms with Gasteiger partial charge in [0.2, 0.25) is 10.0 Å². The summed E-state index contributed by atoms with van der Waals surface area (Å²) < 4.78 is 35.7. The van der Waals surface area contributed by atoms with Crippen molar-refractivity contribution in [2.75, 3.05) is 37.9 Å². The Morgan fingerprint density at radius 1 is 1.50 bits per heavy atom. The van der Waals surface area contributed by atoms with Crippen LogP contribution in [0.25, 0.3) is 0 Å². The standard InChI is InChI=1S/C9H18BrNO4S/c1-8-6-11(7-9(5-10)15-8)16(12,13)4-3-14-2/h8-9H,3-7H2,1-2H3. The number of sulfonamides is 1. The van der Waals surface area contributed by atoms with Crippen LogP contribution in [0.15, 0.2) is 0 Å². The zero-order valence-corrected chi connectivity index (χ0v) is 12.0. The van der Waals surface area contributed by atoms with Crippen molar-refractivity contribution in [2.24, 2.45) is 0 Å². The average molecular weight is 316 g/mol. The molecule has 1 aliphatic heterocycles. The quantitative estimate of drug-likeness (QED) is 0.691. The first kappa shape index (κ1) is 14.4. The normalized spacial score (nSPS) is 28.2. The molecule has 1 aliphatic rings. The van der Waals surface area contributed by atoms with Crippen LogP contribution in [0.1, 0.15) is 6.92 Å². The number of methoxy groups -OCH3 is 1. The number of morpholine rings is 1. The Balaban J connectivity index is 2.64. The van der Waals surface area contributed by atoms with E-state index in [1.54, 1.807) is 0 Å². The Labute approximate surface area is 105 Å². The number of alkyl halides is 1. The Morgan fingerprint density at radius 2 is 2.19 bits per heavy atom. The summed E-state index contributed by atoms with van der Waals surface area (Å²) in [6.45, 7) is 2.96. The van der Waals surface area contributed by atoms with E-state index >= 15 is 0 Å². The molecule has 0 spiro atoms. The summed E-state index contributed by atoms with van der Waals surface area (Å²) in [6.07, 6.45) is -0.130. The third-order valence-corrected chi connectivity index (χ3v) is 4.89. The second kappa shape index (κ2) is 6.30. The molecule has 1 rings (SSSR count). The molecule has 16 heavy (non-hydrogen) atoms. The molecule has 1 heterocycles. The Morgan fingerprint density at radius 3 is 2.75 bits per heavy atom. The Hall–Kier alpha value is 0.310. The fourth-order valence-corrected chi connectivity index (χ4v) is 3.46. The number of nitrogens with zero attached hydrogens (tertiary/aromatic N) is 1. The topological polar surface area (TPSA) is 55.8 Å². The van der Waals surface area contributed by atoms with Crippen molar-refractivity contribution < 1.29 is 17.9 Å². The second-order valence-corrected chi connectivity index (χ2v) is 6.58. The molecule has 0 radical (unpaired) electrons. The highest BCUT2D eigenvalue weighted by atomic mass is 79.9. The fourth-order valence-electron chi connectivity index (χ4n) is 1.63. The van der Waals surface area contributed by atoms with E-state index in [1.807, 2.05) is 6.92 Å². The van der Waals surface area contributed by atoms with Crippen LogP contribution in [0.2, 0.25) is 0 Å². The summed E-state index contributed by atoms with van der Waals surface area (Å²) in [5.41, 5.74) is 0. The van der Waals surface area contributed by atoms with Crippen molar-refractivity contribution in [3.05, 3.63) is 0 Å². The van der Waals surface area contributed by atoms with Crippen LogP contribution in [0.4, 0.5) is 0 Å². The number of hydrogen-bond donors (Lipinski definition) is 0. The minimum Gasteiger partial charge on any atom is -0.384 e. The third kappa shape index (κ3) is 3.96. The number of hydrogen-bond acceptors (Lipinski definition) is 4. The molecule has 0 amide bonds. The van der Waals surface area contributed by atoms with Crippen molar-refractivity contribution >= 4 is 26.0 Å². The van der Waals surface area contributed by atoms with Crippen molar-refractivity contribution in [3.8, 4) is 0 Å². The van der Waals surface area contributed by atoms with Gasteiger partial charge in [-0.05, 0) is 6.92 Å². The lowest BCUT2D eigenvalue weighted by Gasteiger charge is -2.35. The summed E-state index contributed by atoms with van der Waals surface area (Å²) in [4.78, 5) is 0. The molecular weight excluding hydrogens is 298 g/mol. The van der Waals surface area contributed by atoms with Crippen LogP contribution in [-0.4, -0.2) is 62.8 Å². The predicted octanol–water partition coefficient (Wildman–Crippen LogP) is 0.447. The van der Waals surface area contributed by atoms with Gasteiger partial charge < -0.3 is 9.47 Å². The summed E-state index contributed by atoms with van der Waals surface area (Å²) in [6, 6.07) is 0. The highest BCUT2D eigenvalue weighted by Gasteiger charge is 2.31. The minimum absolute atomic E-state index is 0.0330. The van der Waals surface area contributed by atoms with Gasteiger partial charge >= 0.3 is 0 Å². The van der Waals surface area contributed by atoms with Gasteiger partial charge in [-0.1, -0.05) is 15.9 Å². The first-order valence-electron chi connectivity index (χ1n) is 5.17. The highest BCUT2D eigenvalue weighted by Crippen LogP contribution is 2.16. The van der Waals surface area contributed by atoms with Crippen LogP contribution < -0.4 is 0 Å². The molecule has 1 fully saturated rings. The lowest BCUT2D eigenvalue weighted by atomic mass is 10.3. The van der Waals surface area contributed by atoms with E-state index in [9.17, 15) is 8.42 Å². The zero-order valence-electron chi connectivity index (χ0n) is 9.56. The number of ether oxygens (including phenoxy) is 2. The molecule has 0 aromatic rings. The maximum absolute atomic E-state index is 11.9. The molecule has 2 unspecified atom stereocenters. The summed E-state index contributed by atoms with van der Waals surface area (Å²) >= 11 is 3.31. The summed E-state index contributed by atoms with van der Waals surface area (Å²) in [5, 5.41) is 0.646. The molecule has 0 aromatic carbocycles. The molecule has 5 nitrogen and oxygen atoms in total. The molecule has 0 saturated carbocycles. The number of halogens is 1. The largest absolute Gasteiger partial charge is 0.384 e. The average Bonchev–Trinajstić information content (AvgIpc) is 2.25. The van der Waals surface area contributed by atoms with Crippen LogP contribution in [0.3, 0.4) is 0 Å². The smallest absolute Gasteiger partial charge is 0.216 e. The van der Waals surface area contributed by atoms with Gasteiger partial charge in [0, 0.05) is 25.5 Å². The molecular formula is C9H18BrNO4S. The predicted molar refractivity (Wildman–Crippen MR) is 65.4 cm³/mol. The molecule has 0 bridgehead atoms. The van der Waals surface area contributed by atoms with Crippen LogP contribution in [0, 0.1) is 0 Å². The lowest BCUT2D eigenvalue weighted by molar-refractivity contribution is -0.0412. The van der Waals surface area contributed by atoms with E-state index in [4.69, 9.17) is 9.47 Å². The second-order valence-electron chi connectivity index (χ2n) is 3.85. The molecule has 1 saturated heterocycles. The van der Waals surface area contributed by atoms with E-state index in [2.05, 4.69) is 15.9 Å². The molecule has 0 aromatic heterocycles. The van der Waals surface area contributed by atoms with Crippen molar-refractivity contribution in [1.29, 1.82) is 0 Å².